The average molecular weight is 440 g/mol. The number of nitro benzene ring substituents is 1. The lowest BCUT2D eigenvalue weighted by Crippen LogP contribution is -2.20. The van der Waals surface area contributed by atoms with Crippen LogP contribution in [0.2, 0.25) is 0 Å². The lowest BCUT2D eigenvalue weighted by molar-refractivity contribution is -0.428. The number of hydrogen-bond donors (Lipinski definition) is 0. The third-order valence-electron chi connectivity index (χ3n) is 5.50. The molecule has 5 rings (SSSR count). The number of aliphatic imine (C=N–C) groups is 1. The maximum Gasteiger partial charge on any atom is 0.302 e. The Balaban J connectivity index is 1.80. The van der Waals surface area contributed by atoms with Gasteiger partial charge in [0.15, 0.2) is 0 Å². The van der Waals surface area contributed by atoms with Crippen molar-refractivity contribution in [1.29, 1.82) is 0 Å². The monoisotopic (exact) mass is 440 g/mol. The van der Waals surface area contributed by atoms with Gasteiger partial charge in [-0.1, -0.05) is 36.4 Å². The molecule has 0 atom stereocenters. The standard InChI is InChI=1S/C23H12N4O6/c28-25(29)15-8-9-17-14(10-15)11-18-22(17)20(26(30)31)12-21(27(32)33)23(18)24-19-7-3-5-13-4-1-2-6-16(13)19/h1-12H. The predicted octanol–water partition coefficient (Wildman–Crippen LogP) is 5.08. The first kappa shape index (κ1) is 19.9. The van der Waals surface area contributed by atoms with E-state index < -0.39 is 26.2 Å². The minimum Gasteiger partial charge on any atom is -0.258 e. The Labute approximate surface area is 184 Å². The Morgan fingerprint density at radius 3 is 2.24 bits per heavy atom. The SMILES string of the molecule is O=[N+]([O-])C1=CC([N+](=O)[O-])=C2C(=Cc3cc([N+](=O)[O-])ccc32)C1=Nc1cccc2ccccc12. The van der Waals surface area contributed by atoms with Crippen LogP contribution in [0.4, 0.5) is 11.4 Å². The molecule has 3 aromatic rings. The highest BCUT2D eigenvalue weighted by molar-refractivity contribution is 6.28. The fraction of sp³-hybridized carbons (Fsp3) is 0. The van der Waals surface area contributed by atoms with Crippen molar-refractivity contribution in [2.75, 3.05) is 0 Å². The van der Waals surface area contributed by atoms with Crippen LogP contribution in [0.5, 0.6) is 0 Å². The zero-order valence-corrected chi connectivity index (χ0v) is 16.7. The van der Waals surface area contributed by atoms with Crippen LogP contribution in [0, 0.1) is 30.3 Å². The second kappa shape index (κ2) is 7.31. The van der Waals surface area contributed by atoms with Gasteiger partial charge < -0.3 is 0 Å². The van der Waals surface area contributed by atoms with Gasteiger partial charge in [-0.2, -0.15) is 0 Å². The molecule has 160 valence electrons. The fourth-order valence-electron chi connectivity index (χ4n) is 4.08. The molecule has 2 aliphatic carbocycles. The van der Waals surface area contributed by atoms with Crippen LogP contribution in [0.1, 0.15) is 11.1 Å². The zero-order valence-electron chi connectivity index (χ0n) is 16.7. The summed E-state index contributed by atoms with van der Waals surface area (Å²) in [6, 6.07) is 16.7. The van der Waals surface area contributed by atoms with Gasteiger partial charge in [-0.15, -0.1) is 0 Å². The molecule has 2 aliphatic rings. The second-order valence-electron chi connectivity index (χ2n) is 7.35. The molecule has 0 unspecified atom stereocenters. The molecule has 0 N–H and O–H groups in total. The molecule has 0 aromatic heterocycles. The van der Waals surface area contributed by atoms with E-state index in [0.29, 0.717) is 16.8 Å². The van der Waals surface area contributed by atoms with E-state index in [9.17, 15) is 30.3 Å². The molecule has 0 amide bonds. The molecule has 0 saturated heterocycles. The van der Waals surface area contributed by atoms with Crippen molar-refractivity contribution in [1.82, 2.24) is 0 Å². The molecule has 0 spiro atoms. The molecule has 0 aliphatic heterocycles. The van der Waals surface area contributed by atoms with Crippen LogP contribution >= 0.6 is 0 Å². The Kier molecular flexibility index (Phi) is 4.42. The van der Waals surface area contributed by atoms with E-state index in [4.69, 9.17) is 0 Å². The van der Waals surface area contributed by atoms with E-state index in [1.54, 1.807) is 12.1 Å². The summed E-state index contributed by atoms with van der Waals surface area (Å²) in [6.45, 7) is 0. The smallest absolute Gasteiger partial charge is 0.258 e. The van der Waals surface area contributed by atoms with Gasteiger partial charge >= 0.3 is 5.70 Å². The number of nitrogens with zero attached hydrogens (tertiary/aromatic N) is 4. The summed E-state index contributed by atoms with van der Waals surface area (Å²) in [7, 11) is 0. The van der Waals surface area contributed by atoms with Crippen molar-refractivity contribution in [3.05, 3.63) is 125 Å². The molecule has 10 nitrogen and oxygen atoms in total. The molecule has 0 bridgehead atoms. The Hall–Kier alpha value is -4.99. The summed E-state index contributed by atoms with van der Waals surface area (Å²) in [5, 5.41) is 36.5. The highest BCUT2D eigenvalue weighted by atomic mass is 16.6. The quantitative estimate of drug-likeness (QED) is 0.409. The first-order valence-electron chi connectivity index (χ1n) is 9.68. The molecule has 33 heavy (non-hydrogen) atoms. The van der Waals surface area contributed by atoms with Crippen LogP contribution in [-0.4, -0.2) is 20.5 Å². The first-order chi connectivity index (χ1) is 15.8. The van der Waals surface area contributed by atoms with Gasteiger partial charge in [0.25, 0.3) is 11.4 Å². The molecule has 0 heterocycles. The number of allylic oxidation sites excluding steroid dienone is 3. The van der Waals surface area contributed by atoms with Crippen molar-refractivity contribution in [2.45, 2.75) is 0 Å². The van der Waals surface area contributed by atoms with E-state index in [1.165, 1.54) is 24.3 Å². The van der Waals surface area contributed by atoms with E-state index in [0.717, 1.165) is 16.8 Å². The van der Waals surface area contributed by atoms with Crippen LogP contribution in [0.25, 0.3) is 22.4 Å². The van der Waals surface area contributed by atoms with E-state index >= 15 is 0 Å². The molecular weight excluding hydrogens is 428 g/mol. The minimum absolute atomic E-state index is 0.0455. The van der Waals surface area contributed by atoms with E-state index in [1.807, 2.05) is 30.3 Å². The second-order valence-corrected chi connectivity index (χ2v) is 7.35. The largest absolute Gasteiger partial charge is 0.302 e. The van der Waals surface area contributed by atoms with Gasteiger partial charge in [0.1, 0.15) is 5.71 Å². The molecule has 0 fully saturated rings. The predicted molar refractivity (Wildman–Crippen MR) is 121 cm³/mol. The third-order valence-corrected chi connectivity index (χ3v) is 5.50. The topological polar surface area (TPSA) is 142 Å². The van der Waals surface area contributed by atoms with Gasteiger partial charge in [0.05, 0.1) is 32.1 Å². The lowest BCUT2D eigenvalue weighted by Gasteiger charge is -2.14. The molecular formula is C23H12N4O6. The maximum absolute atomic E-state index is 11.9. The van der Waals surface area contributed by atoms with Crippen LogP contribution in [0.3, 0.4) is 0 Å². The maximum atomic E-state index is 11.9. The van der Waals surface area contributed by atoms with Gasteiger partial charge in [-0.25, -0.2) is 4.99 Å². The van der Waals surface area contributed by atoms with Crippen molar-refractivity contribution in [3.63, 3.8) is 0 Å². The number of rotatable bonds is 4. The number of hydrogen-bond acceptors (Lipinski definition) is 7. The number of non-ortho nitro benzene ring substituents is 1. The number of nitro groups is 3. The summed E-state index contributed by atoms with van der Waals surface area (Å²) in [5.74, 6) is 0. The van der Waals surface area contributed by atoms with Gasteiger partial charge in [0, 0.05) is 23.1 Å². The molecule has 0 radical (unpaired) electrons. The van der Waals surface area contributed by atoms with Crippen LogP contribution in [0.15, 0.2) is 88.7 Å². The Bertz CT molecular complexity index is 1540. The minimum atomic E-state index is -0.712. The lowest BCUT2D eigenvalue weighted by atomic mass is 9.91. The fourth-order valence-corrected chi connectivity index (χ4v) is 4.08. The Morgan fingerprint density at radius 2 is 1.52 bits per heavy atom. The highest BCUT2D eigenvalue weighted by Crippen LogP contribution is 2.44. The summed E-state index contributed by atoms with van der Waals surface area (Å²) in [5.41, 5.74) is 0.308. The normalized spacial score (nSPS) is 15.7. The molecule has 3 aromatic carbocycles. The van der Waals surface area contributed by atoms with E-state index in [2.05, 4.69) is 4.99 Å². The summed E-state index contributed by atoms with van der Waals surface area (Å²) < 4.78 is 0. The van der Waals surface area contributed by atoms with Crippen molar-refractivity contribution in [2.24, 2.45) is 4.99 Å². The van der Waals surface area contributed by atoms with E-state index in [-0.39, 0.29) is 22.5 Å². The van der Waals surface area contributed by atoms with Gasteiger partial charge in [-0.05, 0) is 34.7 Å². The number of benzene rings is 3. The summed E-state index contributed by atoms with van der Waals surface area (Å²) in [4.78, 5) is 37.5. The van der Waals surface area contributed by atoms with Crippen LogP contribution in [-0.2, 0) is 0 Å². The Morgan fingerprint density at radius 1 is 0.758 bits per heavy atom. The highest BCUT2D eigenvalue weighted by Gasteiger charge is 2.41. The van der Waals surface area contributed by atoms with Crippen molar-refractivity contribution in [3.8, 4) is 0 Å². The first-order valence-corrected chi connectivity index (χ1v) is 9.68. The average Bonchev–Trinajstić information content (AvgIpc) is 3.18. The third kappa shape index (κ3) is 3.17. The van der Waals surface area contributed by atoms with Crippen LogP contribution < -0.4 is 0 Å². The van der Waals surface area contributed by atoms with Crippen molar-refractivity contribution >= 4 is 39.5 Å². The summed E-state index contributed by atoms with van der Waals surface area (Å²) >= 11 is 0. The molecule has 10 heteroatoms. The van der Waals surface area contributed by atoms with Gasteiger partial charge in [0.2, 0.25) is 0 Å². The molecule has 0 saturated carbocycles. The zero-order chi connectivity index (χ0) is 23.3. The summed E-state index contributed by atoms with van der Waals surface area (Å²) in [6.07, 6.45) is 2.37. The van der Waals surface area contributed by atoms with Gasteiger partial charge in [-0.3, -0.25) is 30.3 Å². The number of fused-ring (bicyclic) bond motifs is 4. The van der Waals surface area contributed by atoms with Crippen molar-refractivity contribution < 1.29 is 14.8 Å².